The van der Waals surface area contributed by atoms with Gasteiger partial charge in [-0.1, -0.05) is 0 Å². The summed E-state index contributed by atoms with van der Waals surface area (Å²) in [5.74, 6) is 0.990. The van der Waals surface area contributed by atoms with Crippen LogP contribution in [0.15, 0.2) is 4.99 Å². The molecule has 6 heteroatoms. The second-order valence-electron chi connectivity index (χ2n) is 5.22. The molecule has 0 atom stereocenters. The Hall–Kier alpha value is -0.850. The van der Waals surface area contributed by atoms with Gasteiger partial charge < -0.3 is 24.4 Å². The summed E-state index contributed by atoms with van der Waals surface area (Å²) in [7, 11) is 5.29. The van der Waals surface area contributed by atoms with Crippen LogP contribution in [-0.2, 0) is 14.2 Å². The number of likely N-dealkylation sites (tertiary alicyclic amines) is 1. The molecule has 1 heterocycles. The zero-order valence-corrected chi connectivity index (χ0v) is 13.8. The predicted octanol–water partition coefficient (Wildman–Crippen LogP) is 1.12. The molecular weight excluding hydrogens is 270 g/mol. The van der Waals surface area contributed by atoms with Crippen molar-refractivity contribution < 1.29 is 14.2 Å². The highest BCUT2D eigenvalue weighted by Gasteiger charge is 2.21. The Bertz CT molecular complexity index is 279. The fourth-order valence-electron chi connectivity index (χ4n) is 2.44. The molecule has 0 unspecified atom stereocenters. The van der Waals surface area contributed by atoms with Crippen LogP contribution in [0.5, 0.6) is 0 Å². The topological polar surface area (TPSA) is 55.3 Å². The van der Waals surface area contributed by atoms with Gasteiger partial charge in [-0.05, 0) is 25.7 Å². The van der Waals surface area contributed by atoms with E-state index < -0.39 is 0 Å². The van der Waals surface area contributed by atoms with Crippen molar-refractivity contribution in [1.29, 1.82) is 0 Å². The first kappa shape index (κ1) is 18.2. The van der Waals surface area contributed by atoms with E-state index in [2.05, 4.69) is 15.2 Å². The van der Waals surface area contributed by atoms with Gasteiger partial charge in [-0.2, -0.15) is 0 Å². The van der Waals surface area contributed by atoms with Crippen molar-refractivity contribution in [2.45, 2.75) is 31.8 Å². The number of guanidine groups is 1. The predicted molar refractivity (Wildman–Crippen MR) is 84.9 cm³/mol. The van der Waals surface area contributed by atoms with Crippen LogP contribution in [0.3, 0.4) is 0 Å². The van der Waals surface area contributed by atoms with Crippen LogP contribution in [0.2, 0.25) is 0 Å². The van der Waals surface area contributed by atoms with E-state index in [1.807, 2.05) is 7.05 Å². The number of aliphatic imine (C=N–C) groups is 1. The summed E-state index contributed by atoms with van der Waals surface area (Å²) in [5.41, 5.74) is 0. The van der Waals surface area contributed by atoms with E-state index in [4.69, 9.17) is 14.2 Å². The van der Waals surface area contributed by atoms with Crippen LogP contribution in [0.4, 0.5) is 0 Å². The molecule has 0 radical (unpaired) electrons. The lowest BCUT2D eigenvalue weighted by molar-refractivity contribution is 0.00990. The highest BCUT2D eigenvalue weighted by molar-refractivity contribution is 5.79. The second kappa shape index (κ2) is 11.8. The van der Waals surface area contributed by atoms with Crippen LogP contribution >= 0.6 is 0 Å². The van der Waals surface area contributed by atoms with Gasteiger partial charge in [0, 0.05) is 60.7 Å². The zero-order valence-electron chi connectivity index (χ0n) is 13.8. The number of hydrogen-bond acceptors (Lipinski definition) is 4. The summed E-state index contributed by atoms with van der Waals surface area (Å²) in [4.78, 5) is 6.66. The van der Waals surface area contributed by atoms with Crippen molar-refractivity contribution in [2.24, 2.45) is 4.99 Å². The molecule has 1 saturated heterocycles. The van der Waals surface area contributed by atoms with E-state index >= 15 is 0 Å². The van der Waals surface area contributed by atoms with Gasteiger partial charge in [-0.15, -0.1) is 0 Å². The van der Waals surface area contributed by atoms with E-state index in [-0.39, 0.29) is 0 Å². The van der Waals surface area contributed by atoms with Crippen LogP contribution in [0.25, 0.3) is 0 Å². The Morgan fingerprint density at radius 3 is 2.38 bits per heavy atom. The molecular formula is C15H31N3O3. The van der Waals surface area contributed by atoms with Crippen LogP contribution in [-0.4, -0.2) is 77.7 Å². The Balaban J connectivity index is 2.17. The van der Waals surface area contributed by atoms with Crippen molar-refractivity contribution in [2.75, 3.05) is 60.7 Å². The van der Waals surface area contributed by atoms with Gasteiger partial charge >= 0.3 is 0 Å². The maximum atomic E-state index is 5.88. The third-order valence-corrected chi connectivity index (χ3v) is 3.61. The van der Waals surface area contributed by atoms with Gasteiger partial charge in [0.25, 0.3) is 0 Å². The molecule has 0 bridgehead atoms. The first-order valence-electron chi connectivity index (χ1n) is 7.87. The van der Waals surface area contributed by atoms with Gasteiger partial charge in [-0.3, -0.25) is 4.99 Å². The summed E-state index contributed by atoms with van der Waals surface area (Å²) >= 11 is 0. The quantitative estimate of drug-likeness (QED) is 0.393. The van der Waals surface area contributed by atoms with Gasteiger partial charge in [0.1, 0.15) is 0 Å². The minimum Gasteiger partial charge on any atom is -0.385 e. The number of nitrogens with one attached hydrogen (secondary N) is 1. The zero-order chi connectivity index (χ0) is 15.3. The minimum atomic E-state index is 0.379. The summed E-state index contributed by atoms with van der Waals surface area (Å²) in [6, 6.07) is 0. The molecule has 1 N–H and O–H groups in total. The van der Waals surface area contributed by atoms with Crippen LogP contribution < -0.4 is 5.32 Å². The molecule has 0 amide bonds. The smallest absolute Gasteiger partial charge is 0.193 e. The van der Waals surface area contributed by atoms with E-state index in [1.165, 1.54) is 0 Å². The summed E-state index contributed by atoms with van der Waals surface area (Å²) in [6.45, 7) is 5.24. The molecule has 1 aliphatic rings. The van der Waals surface area contributed by atoms with Gasteiger partial charge in [0.05, 0.1) is 6.10 Å². The molecule has 0 aliphatic carbocycles. The SMILES string of the molecule is CN=C(NCCCOC)N1CCC(OCCCOC)CC1. The van der Waals surface area contributed by atoms with E-state index in [0.29, 0.717) is 6.10 Å². The Morgan fingerprint density at radius 2 is 1.76 bits per heavy atom. The Morgan fingerprint density at radius 1 is 1.10 bits per heavy atom. The molecule has 1 fully saturated rings. The normalized spacial score (nSPS) is 17.3. The third-order valence-electron chi connectivity index (χ3n) is 3.61. The molecule has 1 rings (SSSR count). The van der Waals surface area contributed by atoms with Crippen molar-refractivity contribution in [3.63, 3.8) is 0 Å². The maximum Gasteiger partial charge on any atom is 0.193 e. The molecule has 0 aromatic rings. The summed E-state index contributed by atoms with van der Waals surface area (Å²) in [5, 5.41) is 3.39. The molecule has 6 nitrogen and oxygen atoms in total. The van der Waals surface area contributed by atoms with E-state index in [9.17, 15) is 0 Å². The molecule has 1 aliphatic heterocycles. The minimum absolute atomic E-state index is 0.379. The van der Waals surface area contributed by atoms with Crippen LogP contribution in [0, 0.1) is 0 Å². The van der Waals surface area contributed by atoms with Gasteiger partial charge in [-0.25, -0.2) is 0 Å². The lowest BCUT2D eigenvalue weighted by Crippen LogP contribution is -2.47. The van der Waals surface area contributed by atoms with Crippen LogP contribution in [0.1, 0.15) is 25.7 Å². The standard InChI is InChI=1S/C15H31N3O3/c1-16-15(17-8-4-11-19-2)18-9-6-14(7-10-18)21-13-5-12-20-3/h14H,4-13H2,1-3H3,(H,16,17). The van der Waals surface area contributed by atoms with Crippen molar-refractivity contribution in [3.8, 4) is 0 Å². The maximum absolute atomic E-state index is 5.88. The number of ether oxygens (including phenoxy) is 3. The first-order valence-corrected chi connectivity index (χ1v) is 7.87. The van der Waals surface area contributed by atoms with E-state index in [1.54, 1.807) is 14.2 Å². The number of rotatable bonds is 9. The van der Waals surface area contributed by atoms with Gasteiger partial charge in [0.15, 0.2) is 5.96 Å². The average molecular weight is 301 g/mol. The van der Waals surface area contributed by atoms with Crippen molar-refractivity contribution in [3.05, 3.63) is 0 Å². The Kier molecular flexibility index (Phi) is 10.2. The molecule has 0 spiro atoms. The highest BCUT2D eigenvalue weighted by atomic mass is 16.5. The molecule has 21 heavy (non-hydrogen) atoms. The van der Waals surface area contributed by atoms with Crippen molar-refractivity contribution in [1.82, 2.24) is 10.2 Å². The molecule has 0 aromatic carbocycles. The Labute approximate surface area is 128 Å². The third kappa shape index (κ3) is 7.64. The first-order chi connectivity index (χ1) is 10.3. The monoisotopic (exact) mass is 301 g/mol. The van der Waals surface area contributed by atoms with E-state index in [0.717, 1.165) is 71.1 Å². The summed E-state index contributed by atoms with van der Waals surface area (Å²) < 4.78 is 16.0. The molecule has 0 saturated carbocycles. The second-order valence-corrected chi connectivity index (χ2v) is 5.22. The number of nitrogens with zero attached hydrogens (tertiary/aromatic N) is 2. The lowest BCUT2D eigenvalue weighted by Gasteiger charge is -2.34. The lowest BCUT2D eigenvalue weighted by atomic mass is 10.1. The molecule has 0 aromatic heterocycles. The number of hydrogen-bond donors (Lipinski definition) is 1. The van der Waals surface area contributed by atoms with Gasteiger partial charge in [0.2, 0.25) is 0 Å². The largest absolute Gasteiger partial charge is 0.385 e. The average Bonchev–Trinajstić information content (AvgIpc) is 2.53. The fraction of sp³-hybridized carbons (Fsp3) is 0.933. The number of piperidine rings is 1. The summed E-state index contributed by atoms with van der Waals surface area (Å²) in [6.07, 6.45) is 4.47. The number of methoxy groups -OCH3 is 2. The fourth-order valence-corrected chi connectivity index (χ4v) is 2.44. The van der Waals surface area contributed by atoms with Crippen molar-refractivity contribution >= 4 is 5.96 Å². The highest BCUT2D eigenvalue weighted by Crippen LogP contribution is 2.14. The molecule has 124 valence electrons.